The van der Waals surface area contributed by atoms with Gasteiger partial charge in [0.15, 0.2) is 5.60 Å². The predicted octanol–water partition coefficient (Wildman–Crippen LogP) is 5.11. The highest BCUT2D eigenvalue weighted by atomic mass is 16.5. The third-order valence-corrected chi connectivity index (χ3v) is 6.21. The maximum absolute atomic E-state index is 6.70. The molecule has 1 aromatic heterocycles. The average Bonchev–Trinajstić information content (AvgIpc) is 2.97. The lowest BCUT2D eigenvalue weighted by Crippen LogP contribution is -2.66. The molecule has 0 amide bonds. The summed E-state index contributed by atoms with van der Waals surface area (Å²) in [4.78, 5) is 0. The number of hydrogen-bond donors (Lipinski definition) is 0. The molecule has 4 rings (SSSR count). The first kappa shape index (κ1) is 15.5. The van der Waals surface area contributed by atoms with Crippen LogP contribution in [0.25, 0.3) is 16.7 Å². The number of para-hydroxylation sites is 2. The number of benzene rings is 1. The summed E-state index contributed by atoms with van der Waals surface area (Å²) < 4.78 is 15.4. The molecule has 2 heterocycles. The van der Waals surface area contributed by atoms with Gasteiger partial charge in [-0.3, -0.25) is 0 Å². The van der Waals surface area contributed by atoms with Gasteiger partial charge >= 0.3 is 5.89 Å². The topological polar surface area (TPSA) is 26.2 Å². The largest absolute Gasteiger partial charge is 0.484 e. The van der Waals surface area contributed by atoms with Crippen molar-refractivity contribution in [3.05, 3.63) is 48.1 Å². The molecule has 0 radical (unpaired) electrons. The fourth-order valence-electron chi connectivity index (χ4n) is 4.20. The van der Waals surface area contributed by atoms with Crippen LogP contribution in [0.1, 0.15) is 59.3 Å². The average molecular weight is 324 g/mol. The van der Waals surface area contributed by atoms with E-state index in [1.807, 2.05) is 6.07 Å². The summed E-state index contributed by atoms with van der Waals surface area (Å²) in [6, 6.07) is 8.34. The summed E-state index contributed by atoms with van der Waals surface area (Å²) in [6.07, 6.45) is 8.29. The number of rotatable bonds is 2. The minimum atomic E-state index is -0.282. The first-order valence-corrected chi connectivity index (χ1v) is 9.07. The highest BCUT2D eigenvalue weighted by Gasteiger charge is 2.58. The Morgan fingerprint density at radius 3 is 2.67 bits per heavy atom. The van der Waals surface area contributed by atoms with Crippen molar-refractivity contribution in [1.82, 2.24) is 0 Å². The van der Waals surface area contributed by atoms with Gasteiger partial charge in [0.25, 0.3) is 5.52 Å². The van der Waals surface area contributed by atoms with Gasteiger partial charge in [-0.15, -0.1) is 4.57 Å². The molecule has 2 aliphatic rings. The molecule has 0 saturated carbocycles. The molecule has 2 unspecified atom stereocenters. The Hall–Kier alpha value is -2.03. The van der Waals surface area contributed by atoms with E-state index >= 15 is 0 Å². The number of ether oxygens (including phenoxy) is 1. The molecule has 126 valence electrons. The van der Waals surface area contributed by atoms with Crippen molar-refractivity contribution in [3.63, 3.8) is 0 Å². The van der Waals surface area contributed by atoms with Gasteiger partial charge in [0.05, 0.1) is 0 Å². The van der Waals surface area contributed by atoms with Crippen LogP contribution < -0.4 is 4.57 Å². The molecule has 2 atom stereocenters. The minimum Gasteiger partial charge on any atom is -0.484 e. The van der Waals surface area contributed by atoms with Crippen molar-refractivity contribution in [1.29, 1.82) is 0 Å². The molecule has 24 heavy (non-hydrogen) atoms. The lowest BCUT2D eigenvalue weighted by Gasteiger charge is -2.40. The molecule has 3 nitrogen and oxygen atoms in total. The van der Waals surface area contributed by atoms with Crippen LogP contribution in [-0.2, 0) is 10.3 Å². The molecule has 2 aromatic rings. The Morgan fingerprint density at radius 1 is 1.12 bits per heavy atom. The van der Waals surface area contributed by atoms with E-state index in [2.05, 4.69) is 62.6 Å². The van der Waals surface area contributed by atoms with Crippen LogP contribution in [0.4, 0.5) is 0 Å². The van der Waals surface area contributed by atoms with Gasteiger partial charge in [0, 0.05) is 25.8 Å². The van der Waals surface area contributed by atoms with Gasteiger partial charge in [-0.1, -0.05) is 32.1 Å². The number of allylic oxidation sites excluding steroid dienone is 4. The van der Waals surface area contributed by atoms with E-state index in [0.717, 1.165) is 54.0 Å². The lowest BCUT2D eigenvalue weighted by molar-refractivity contribution is -0.760. The summed E-state index contributed by atoms with van der Waals surface area (Å²) in [5, 5.41) is 0. The van der Waals surface area contributed by atoms with Crippen LogP contribution in [0, 0.1) is 0 Å². The Morgan fingerprint density at radius 2 is 1.92 bits per heavy atom. The van der Waals surface area contributed by atoms with Gasteiger partial charge in [-0.25, -0.2) is 0 Å². The van der Waals surface area contributed by atoms with Crippen molar-refractivity contribution < 1.29 is 13.7 Å². The van der Waals surface area contributed by atoms with E-state index in [1.165, 1.54) is 0 Å². The lowest BCUT2D eigenvalue weighted by atomic mass is 9.77. The second-order valence-electron chi connectivity index (χ2n) is 7.30. The van der Waals surface area contributed by atoms with Gasteiger partial charge in [0.2, 0.25) is 11.1 Å². The minimum absolute atomic E-state index is 0.186. The van der Waals surface area contributed by atoms with Gasteiger partial charge < -0.3 is 9.15 Å². The SMILES string of the molecule is CCC1(C)OC2=C(C=CCC2)c2oc3ccccc3[n+]2C1(C)CC. The van der Waals surface area contributed by atoms with Gasteiger partial charge in [0.1, 0.15) is 11.3 Å². The third kappa shape index (κ3) is 1.87. The summed E-state index contributed by atoms with van der Waals surface area (Å²) in [6.45, 7) is 9.03. The highest BCUT2D eigenvalue weighted by Crippen LogP contribution is 2.44. The van der Waals surface area contributed by atoms with Crippen molar-refractivity contribution in [2.45, 2.75) is 64.5 Å². The summed E-state index contributed by atoms with van der Waals surface area (Å²) >= 11 is 0. The Labute approximate surface area is 143 Å². The fourth-order valence-corrected chi connectivity index (χ4v) is 4.20. The summed E-state index contributed by atoms with van der Waals surface area (Å²) in [5.41, 5.74) is 2.73. The summed E-state index contributed by atoms with van der Waals surface area (Å²) in [7, 11) is 0. The van der Waals surface area contributed by atoms with Crippen LogP contribution in [0.15, 0.2) is 46.6 Å². The van der Waals surface area contributed by atoms with Crippen molar-refractivity contribution in [2.75, 3.05) is 0 Å². The number of hydrogen-bond acceptors (Lipinski definition) is 2. The van der Waals surface area contributed by atoms with E-state index in [4.69, 9.17) is 9.15 Å². The number of fused-ring (bicyclic) bond motifs is 4. The second kappa shape index (κ2) is 5.23. The quantitative estimate of drug-likeness (QED) is 0.718. The van der Waals surface area contributed by atoms with E-state index < -0.39 is 0 Å². The fraction of sp³-hybridized carbons (Fsp3) is 0.476. The molecule has 0 saturated heterocycles. The number of aromatic nitrogens is 1. The van der Waals surface area contributed by atoms with Crippen LogP contribution in [0.5, 0.6) is 0 Å². The normalized spacial score (nSPS) is 29.2. The predicted molar refractivity (Wildman–Crippen MR) is 95.4 cm³/mol. The Bertz CT molecular complexity index is 860. The molecule has 0 N–H and O–H groups in total. The zero-order chi connectivity index (χ0) is 16.9. The van der Waals surface area contributed by atoms with E-state index in [1.54, 1.807) is 0 Å². The Balaban J connectivity index is 2.13. The standard InChI is InChI=1S/C21H26NO2/c1-5-20(3)21(4,6-2)24-17-13-9-7-11-15(17)19-22(20)16-12-8-10-14-18(16)23-19/h7-8,10-12,14H,5-6,9,13H2,1-4H3/q+1. The van der Waals surface area contributed by atoms with E-state index in [-0.39, 0.29) is 11.1 Å². The molecule has 1 aliphatic carbocycles. The van der Waals surface area contributed by atoms with Crippen LogP contribution in [0.3, 0.4) is 0 Å². The molecule has 1 aromatic carbocycles. The van der Waals surface area contributed by atoms with E-state index in [0.29, 0.717) is 0 Å². The van der Waals surface area contributed by atoms with Crippen LogP contribution in [-0.4, -0.2) is 5.60 Å². The molecular formula is C21H26NO2+. The molecule has 0 fully saturated rings. The Kier molecular flexibility index (Phi) is 3.38. The monoisotopic (exact) mass is 324 g/mol. The van der Waals surface area contributed by atoms with E-state index in [9.17, 15) is 0 Å². The van der Waals surface area contributed by atoms with Crippen LogP contribution in [0.2, 0.25) is 0 Å². The smallest absolute Gasteiger partial charge is 0.385 e. The maximum atomic E-state index is 6.70. The maximum Gasteiger partial charge on any atom is 0.385 e. The van der Waals surface area contributed by atoms with Crippen molar-refractivity contribution in [2.24, 2.45) is 0 Å². The van der Waals surface area contributed by atoms with Gasteiger partial charge in [-0.05, 0) is 31.9 Å². The zero-order valence-corrected chi connectivity index (χ0v) is 15.1. The zero-order valence-electron chi connectivity index (χ0n) is 15.1. The molecular weight excluding hydrogens is 298 g/mol. The highest BCUT2D eigenvalue weighted by molar-refractivity contribution is 5.76. The third-order valence-electron chi connectivity index (χ3n) is 6.21. The van der Waals surface area contributed by atoms with Crippen LogP contribution >= 0.6 is 0 Å². The van der Waals surface area contributed by atoms with Crippen molar-refractivity contribution >= 4 is 16.7 Å². The molecule has 0 spiro atoms. The number of oxazole rings is 1. The second-order valence-corrected chi connectivity index (χ2v) is 7.30. The number of nitrogens with zero attached hydrogens (tertiary/aromatic N) is 1. The molecule has 3 heteroatoms. The molecule has 1 aliphatic heterocycles. The summed E-state index contributed by atoms with van der Waals surface area (Å²) in [5.74, 6) is 2.01. The first-order valence-electron chi connectivity index (χ1n) is 9.07. The van der Waals surface area contributed by atoms with Crippen molar-refractivity contribution in [3.8, 4) is 0 Å². The molecule has 0 bridgehead atoms. The first-order chi connectivity index (χ1) is 11.5. The van der Waals surface area contributed by atoms with Gasteiger partial charge in [-0.2, -0.15) is 0 Å².